The van der Waals surface area contributed by atoms with Crippen LogP contribution >= 0.6 is 11.6 Å². The molecule has 1 aromatic carbocycles. The Labute approximate surface area is 93.1 Å². The van der Waals surface area contributed by atoms with E-state index in [1.807, 2.05) is 12.1 Å². The lowest BCUT2D eigenvalue weighted by Gasteiger charge is -1.96. The van der Waals surface area contributed by atoms with Gasteiger partial charge in [-0.1, -0.05) is 36.3 Å². The molecule has 2 rings (SSSR count). The highest BCUT2D eigenvalue weighted by atomic mass is 35.5. The summed E-state index contributed by atoms with van der Waals surface area (Å²) in [6, 6.07) is 8.10. The topological polar surface area (TPSA) is 38.9 Å². The van der Waals surface area contributed by atoms with E-state index < -0.39 is 0 Å². The molecular weight excluding hydrogens is 212 g/mol. The zero-order valence-corrected chi connectivity index (χ0v) is 9.16. The van der Waals surface area contributed by atoms with Crippen LogP contribution < -0.4 is 0 Å². The van der Waals surface area contributed by atoms with Crippen LogP contribution in [0.5, 0.6) is 0 Å². The van der Waals surface area contributed by atoms with E-state index in [1.165, 1.54) is 5.56 Å². The minimum Gasteiger partial charge on any atom is -0.338 e. The molecule has 15 heavy (non-hydrogen) atoms. The third-order valence-electron chi connectivity index (χ3n) is 2.20. The SMILES string of the molecule is CCc1ccc(-c2noc(CCl)n2)cc1. The number of hydrogen-bond donors (Lipinski definition) is 0. The van der Waals surface area contributed by atoms with Crippen molar-refractivity contribution >= 4 is 11.6 Å². The molecule has 0 bridgehead atoms. The maximum atomic E-state index is 5.58. The van der Waals surface area contributed by atoms with Crippen LogP contribution in [0, 0.1) is 0 Å². The Hall–Kier alpha value is -1.35. The minimum atomic E-state index is 0.250. The predicted molar refractivity (Wildman–Crippen MR) is 58.7 cm³/mol. The van der Waals surface area contributed by atoms with Crippen LogP contribution in [0.3, 0.4) is 0 Å². The van der Waals surface area contributed by atoms with Gasteiger partial charge in [0.2, 0.25) is 11.7 Å². The summed E-state index contributed by atoms with van der Waals surface area (Å²) in [6.45, 7) is 2.12. The van der Waals surface area contributed by atoms with Crippen molar-refractivity contribution < 1.29 is 4.52 Å². The van der Waals surface area contributed by atoms with Crippen molar-refractivity contribution in [3.05, 3.63) is 35.7 Å². The summed E-state index contributed by atoms with van der Waals surface area (Å²) in [5.74, 6) is 1.29. The molecule has 2 aromatic rings. The van der Waals surface area contributed by atoms with Gasteiger partial charge in [0.05, 0.1) is 0 Å². The lowest BCUT2D eigenvalue weighted by molar-refractivity contribution is 0.391. The van der Waals surface area contributed by atoms with Crippen molar-refractivity contribution in [1.29, 1.82) is 0 Å². The van der Waals surface area contributed by atoms with Gasteiger partial charge in [-0.25, -0.2) is 0 Å². The smallest absolute Gasteiger partial charge is 0.241 e. The molecule has 78 valence electrons. The van der Waals surface area contributed by atoms with Gasteiger partial charge in [0, 0.05) is 5.56 Å². The molecule has 0 N–H and O–H groups in total. The number of benzene rings is 1. The third kappa shape index (κ3) is 2.18. The first kappa shape index (κ1) is 10.2. The Morgan fingerprint density at radius 2 is 2.00 bits per heavy atom. The molecule has 0 radical (unpaired) electrons. The van der Waals surface area contributed by atoms with E-state index in [4.69, 9.17) is 16.1 Å². The average molecular weight is 223 g/mol. The summed E-state index contributed by atoms with van der Waals surface area (Å²) >= 11 is 5.58. The van der Waals surface area contributed by atoms with E-state index in [1.54, 1.807) is 0 Å². The number of alkyl halides is 1. The summed E-state index contributed by atoms with van der Waals surface area (Å²) in [7, 11) is 0. The molecule has 0 spiro atoms. The van der Waals surface area contributed by atoms with Gasteiger partial charge >= 0.3 is 0 Å². The summed E-state index contributed by atoms with van der Waals surface area (Å²) in [4.78, 5) is 4.14. The maximum Gasteiger partial charge on any atom is 0.241 e. The van der Waals surface area contributed by atoms with Crippen LogP contribution in [0.4, 0.5) is 0 Å². The Balaban J connectivity index is 2.28. The zero-order valence-electron chi connectivity index (χ0n) is 8.40. The van der Waals surface area contributed by atoms with Gasteiger partial charge in [-0.05, 0) is 12.0 Å². The summed E-state index contributed by atoms with van der Waals surface area (Å²) in [6.07, 6.45) is 1.03. The van der Waals surface area contributed by atoms with Gasteiger partial charge in [-0.3, -0.25) is 0 Å². The van der Waals surface area contributed by atoms with Crippen molar-refractivity contribution in [3.63, 3.8) is 0 Å². The van der Waals surface area contributed by atoms with Gasteiger partial charge in [-0.2, -0.15) is 4.98 Å². The largest absolute Gasteiger partial charge is 0.338 e. The molecule has 0 amide bonds. The number of aryl methyl sites for hydroxylation is 1. The predicted octanol–water partition coefficient (Wildman–Crippen LogP) is 3.04. The monoisotopic (exact) mass is 222 g/mol. The summed E-state index contributed by atoms with van der Waals surface area (Å²) in [5.41, 5.74) is 2.24. The van der Waals surface area contributed by atoms with Gasteiger partial charge in [-0.15, -0.1) is 11.6 Å². The fourth-order valence-corrected chi connectivity index (χ4v) is 1.42. The van der Waals surface area contributed by atoms with Gasteiger partial charge < -0.3 is 4.52 Å². The average Bonchev–Trinajstić information content (AvgIpc) is 2.78. The lowest BCUT2D eigenvalue weighted by Crippen LogP contribution is -1.83. The Morgan fingerprint density at radius 3 is 2.53 bits per heavy atom. The molecule has 0 aliphatic heterocycles. The molecule has 0 saturated carbocycles. The fourth-order valence-electron chi connectivity index (χ4n) is 1.32. The highest BCUT2D eigenvalue weighted by molar-refractivity contribution is 6.16. The highest BCUT2D eigenvalue weighted by Gasteiger charge is 2.06. The van der Waals surface area contributed by atoms with Crippen LogP contribution in [-0.4, -0.2) is 10.1 Å². The van der Waals surface area contributed by atoms with Crippen LogP contribution in [-0.2, 0) is 12.3 Å². The van der Waals surface area contributed by atoms with Crippen LogP contribution in [0.1, 0.15) is 18.4 Å². The molecule has 0 unspecified atom stereocenters. The molecule has 0 saturated heterocycles. The van der Waals surface area contributed by atoms with E-state index in [2.05, 4.69) is 29.2 Å². The molecule has 1 aromatic heterocycles. The molecule has 1 heterocycles. The maximum absolute atomic E-state index is 5.58. The van der Waals surface area contributed by atoms with E-state index in [-0.39, 0.29) is 5.88 Å². The van der Waals surface area contributed by atoms with Gasteiger partial charge in [0.1, 0.15) is 5.88 Å². The Kier molecular flexibility index (Phi) is 3.02. The van der Waals surface area contributed by atoms with Crippen LogP contribution in [0.25, 0.3) is 11.4 Å². The lowest BCUT2D eigenvalue weighted by atomic mass is 10.1. The molecular formula is C11H11ClN2O. The van der Waals surface area contributed by atoms with E-state index in [0.29, 0.717) is 11.7 Å². The number of nitrogens with zero attached hydrogens (tertiary/aromatic N) is 2. The zero-order chi connectivity index (χ0) is 10.7. The van der Waals surface area contributed by atoms with Crippen molar-refractivity contribution in [2.75, 3.05) is 0 Å². The fraction of sp³-hybridized carbons (Fsp3) is 0.273. The minimum absolute atomic E-state index is 0.250. The van der Waals surface area contributed by atoms with E-state index in [9.17, 15) is 0 Å². The van der Waals surface area contributed by atoms with E-state index >= 15 is 0 Å². The number of halogens is 1. The first-order chi connectivity index (χ1) is 7.33. The standard InChI is InChI=1S/C11H11ClN2O/c1-2-8-3-5-9(6-4-8)11-13-10(7-12)15-14-11/h3-6H,2,7H2,1H3. The van der Waals surface area contributed by atoms with Crippen LogP contribution in [0.15, 0.2) is 28.8 Å². The molecule has 3 nitrogen and oxygen atoms in total. The van der Waals surface area contributed by atoms with Gasteiger partial charge in [0.25, 0.3) is 0 Å². The Morgan fingerprint density at radius 1 is 1.27 bits per heavy atom. The number of aromatic nitrogens is 2. The molecule has 0 fully saturated rings. The molecule has 0 aliphatic carbocycles. The van der Waals surface area contributed by atoms with Crippen molar-refractivity contribution in [2.24, 2.45) is 0 Å². The molecule has 4 heteroatoms. The molecule has 0 atom stereocenters. The second-order valence-corrected chi connectivity index (χ2v) is 3.46. The number of rotatable bonds is 3. The summed E-state index contributed by atoms with van der Waals surface area (Å²) in [5, 5.41) is 3.84. The second-order valence-electron chi connectivity index (χ2n) is 3.20. The third-order valence-corrected chi connectivity index (χ3v) is 2.43. The first-order valence-corrected chi connectivity index (χ1v) is 5.34. The van der Waals surface area contributed by atoms with E-state index in [0.717, 1.165) is 12.0 Å². The van der Waals surface area contributed by atoms with Crippen molar-refractivity contribution in [3.8, 4) is 11.4 Å². The second kappa shape index (κ2) is 4.45. The summed E-state index contributed by atoms with van der Waals surface area (Å²) < 4.78 is 4.93. The first-order valence-electron chi connectivity index (χ1n) is 4.81. The van der Waals surface area contributed by atoms with Crippen LogP contribution in [0.2, 0.25) is 0 Å². The quantitative estimate of drug-likeness (QED) is 0.750. The number of hydrogen-bond acceptors (Lipinski definition) is 3. The highest BCUT2D eigenvalue weighted by Crippen LogP contribution is 2.17. The normalized spacial score (nSPS) is 10.5. The van der Waals surface area contributed by atoms with Crippen molar-refractivity contribution in [2.45, 2.75) is 19.2 Å². The van der Waals surface area contributed by atoms with Crippen molar-refractivity contribution in [1.82, 2.24) is 10.1 Å². The Bertz CT molecular complexity index is 436. The van der Waals surface area contributed by atoms with Gasteiger partial charge in [0.15, 0.2) is 0 Å². The molecule has 0 aliphatic rings.